The Bertz CT molecular complexity index is 756. The molecule has 1 aromatic carbocycles. The number of hydrogen-bond donors (Lipinski definition) is 2. The molecule has 7 nitrogen and oxygen atoms in total. The predicted molar refractivity (Wildman–Crippen MR) is 113 cm³/mol. The topological polar surface area (TPSA) is 89.0 Å². The number of nitrogens with one attached hydrogen (secondary N) is 2. The fourth-order valence-electron chi connectivity index (χ4n) is 2.42. The first-order chi connectivity index (χ1) is 13.3. The van der Waals surface area contributed by atoms with Gasteiger partial charge in [-0.15, -0.1) is 0 Å². The highest BCUT2D eigenvalue weighted by Gasteiger charge is 2.24. The molecule has 0 saturated carbocycles. The van der Waals surface area contributed by atoms with Crippen molar-refractivity contribution < 1.29 is 19.1 Å². The van der Waals surface area contributed by atoms with Crippen LogP contribution in [0, 0.1) is 0 Å². The summed E-state index contributed by atoms with van der Waals surface area (Å²) in [7, 11) is 0. The van der Waals surface area contributed by atoms with E-state index in [0.29, 0.717) is 18.8 Å². The van der Waals surface area contributed by atoms with Crippen LogP contribution in [0.4, 0.5) is 4.79 Å². The number of hydrazone groups is 1. The Morgan fingerprint density at radius 3 is 2.82 bits per heavy atom. The van der Waals surface area contributed by atoms with Crippen molar-refractivity contribution in [2.24, 2.45) is 5.10 Å². The molecule has 2 rings (SSSR count). The van der Waals surface area contributed by atoms with E-state index in [4.69, 9.17) is 9.47 Å². The SMILES string of the molecule is CSCCC(NC(=O)OC(C)(C)C)C(=O)N/N=C/C1=Cc2ccccc2OC1. The van der Waals surface area contributed by atoms with Crippen LogP contribution in [0.3, 0.4) is 0 Å². The molecular weight excluding hydrogens is 378 g/mol. The minimum absolute atomic E-state index is 0.377. The normalized spacial score (nSPS) is 14.5. The van der Waals surface area contributed by atoms with Gasteiger partial charge in [-0.25, -0.2) is 10.2 Å². The number of thioether (sulfide) groups is 1. The van der Waals surface area contributed by atoms with E-state index in [1.54, 1.807) is 38.7 Å². The number of rotatable bonds is 7. The van der Waals surface area contributed by atoms with E-state index < -0.39 is 23.6 Å². The summed E-state index contributed by atoms with van der Waals surface area (Å²) >= 11 is 1.59. The Kier molecular flexibility index (Phi) is 7.92. The second kappa shape index (κ2) is 10.2. The zero-order valence-electron chi connectivity index (χ0n) is 16.7. The van der Waals surface area contributed by atoms with Crippen molar-refractivity contribution in [1.82, 2.24) is 10.7 Å². The van der Waals surface area contributed by atoms with E-state index in [-0.39, 0.29) is 0 Å². The van der Waals surface area contributed by atoms with Gasteiger partial charge in [-0.05, 0) is 51.3 Å². The maximum atomic E-state index is 12.4. The van der Waals surface area contributed by atoms with Crippen LogP contribution >= 0.6 is 11.8 Å². The zero-order valence-corrected chi connectivity index (χ0v) is 17.5. The monoisotopic (exact) mass is 405 g/mol. The molecule has 0 bridgehead atoms. The van der Waals surface area contributed by atoms with Gasteiger partial charge in [-0.2, -0.15) is 16.9 Å². The molecule has 1 unspecified atom stereocenters. The predicted octanol–water partition coefficient (Wildman–Crippen LogP) is 3.21. The number of hydrogen-bond acceptors (Lipinski definition) is 6. The molecule has 1 heterocycles. The second-order valence-corrected chi connectivity index (χ2v) is 8.25. The summed E-state index contributed by atoms with van der Waals surface area (Å²) in [6.45, 7) is 5.69. The van der Waals surface area contributed by atoms with Gasteiger partial charge in [0.25, 0.3) is 5.91 Å². The van der Waals surface area contributed by atoms with E-state index in [1.165, 1.54) is 0 Å². The van der Waals surface area contributed by atoms with Gasteiger partial charge >= 0.3 is 6.09 Å². The number of fused-ring (bicyclic) bond motifs is 1. The van der Waals surface area contributed by atoms with Crippen LogP contribution in [0.1, 0.15) is 32.8 Å². The smallest absolute Gasteiger partial charge is 0.408 e. The number of ether oxygens (including phenoxy) is 2. The van der Waals surface area contributed by atoms with Crippen molar-refractivity contribution in [2.75, 3.05) is 18.6 Å². The maximum Gasteiger partial charge on any atom is 0.408 e. The Morgan fingerprint density at radius 1 is 1.36 bits per heavy atom. The average Bonchev–Trinajstić information content (AvgIpc) is 2.63. The maximum absolute atomic E-state index is 12.4. The molecular formula is C20H27N3O4S. The van der Waals surface area contributed by atoms with Crippen LogP contribution in [0.5, 0.6) is 5.75 Å². The van der Waals surface area contributed by atoms with Crippen molar-refractivity contribution in [3.05, 3.63) is 35.4 Å². The molecule has 2 N–H and O–H groups in total. The molecule has 8 heteroatoms. The summed E-state index contributed by atoms with van der Waals surface area (Å²) in [5.74, 6) is 1.14. The van der Waals surface area contributed by atoms with Gasteiger partial charge < -0.3 is 14.8 Å². The lowest BCUT2D eigenvalue weighted by atomic mass is 10.1. The van der Waals surface area contributed by atoms with E-state index >= 15 is 0 Å². The quantitative estimate of drug-likeness (QED) is 0.537. The standard InChI is InChI=1S/C20H27N3O4S/c1-20(2,3)27-19(25)22-16(9-10-28-4)18(24)23-21-12-14-11-15-7-5-6-8-17(15)26-13-14/h5-8,11-12,16H,9-10,13H2,1-4H3,(H,22,25)(H,23,24)/b21-12+. The van der Waals surface area contributed by atoms with Gasteiger partial charge in [0, 0.05) is 11.1 Å². The highest BCUT2D eigenvalue weighted by Crippen LogP contribution is 2.24. The van der Waals surface area contributed by atoms with Crippen LogP contribution in [-0.4, -0.2) is 48.5 Å². The van der Waals surface area contributed by atoms with Gasteiger partial charge in [0.15, 0.2) is 0 Å². The first kappa shape index (κ1) is 21.8. The Hall–Kier alpha value is -2.48. The van der Waals surface area contributed by atoms with Crippen LogP contribution in [0.25, 0.3) is 6.08 Å². The number of benzene rings is 1. The number of amides is 2. The van der Waals surface area contributed by atoms with Crippen LogP contribution in [0.2, 0.25) is 0 Å². The van der Waals surface area contributed by atoms with Gasteiger partial charge in [0.2, 0.25) is 0 Å². The molecule has 0 aliphatic carbocycles. The summed E-state index contributed by atoms with van der Waals surface area (Å²) in [4.78, 5) is 24.4. The van der Waals surface area contributed by atoms with Crippen molar-refractivity contribution >= 4 is 36.1 Å². The molecule has 1 aliphatic heterocycles. The molecule has 0 saturated heterocycles. The van der Waals surface area contributed by atoms with Crippen molar-refractivity contribution in [2.45, 2.75) is 38.8 Å². The Balaban J connectivity index is 1.94. The largest absolute Gasteiger partial charge is 0.488 e. The number of nitrogens with zero attached hydrogens (tertiary/aromatic N) is 1. The molecule has 152 valence electrons. The number of alkyl carbamates (subject to hydrolysis) is 1. The first-order valence-corrected chi connectivity index (χ1v) is 10.4. The lowest BCUT2D eigenvalue weighted by molar-refractivity contribution is -0.123. The summed E-state index contributed by atoms with van der Waals surface area (Å²) in [5, 5.41) is 6.62. The van der Waals surface area contributed by atoms with Gasteiger partial charge in [0.1, 0.15) is 24.0 Å². The number of para-hydroxylation sites is 1. The molecule has 1 atom stereocenters. The highest BCUT2D eigenvalue weighted by atomic mass is 32.2. The van der Waals surface area contributed by atoms with E-state index in [0.717, 1.165) is 16.9 Å². The fraction of sp³-hybridized carbons (Fsp3) is 0.450. The van der Waals surface area contributed by atoms with E-state index in [2.05, 4.69) is 15.8 Å². The summed E-state index contributed by atoms with van der Waals surface area (Å²) in [6.07, 6.45) is 5.29. The van der Waals surface area contributed by atoms with Gasteiger partial charge in [-0.1, -0.05) is 18.2 Å². The van der Waals surface area contributed by atoms with Gasteiger partial charge in [0.05, 0.1) is 6.21 Å². The third-order valence-corrected chi connectivity index (χ3v) is 4.32. The van der Waals surface area contributed by atoms with Crippen molar-refractivity contribution in [1.29, 1.82) is 0 Å². The molecule has 1 aliphatic rings. The number of carbonyl (C=O) groups excluding carboxylic acids is 2. The fourth-order valence-corrected chi connectivity index (χ4v) is 2.89. The molecule has 1 aromatic rings. The van der Waals surface area contributed by atoms with Crippen LogP contribution in [0.15, 0.2) is 34.9 Å². The minimum Gasteiger partial charge on any atom is -0.488 e. The lowest BCUT2D eigenvalue weighted by Crippen LogP contribution is -2.47. The Morgan fingerprint density at radius 2 is 2.11 bits per heavy atom. The minimum atomic E-state index is -0.725. The Labute approximate surface area is 169 Å². The second-order valence-electron chi connectivity index (χ2n) is 7.26. The summed E-state index contributed by atoms with van der Waals surface area (Å²) < 4.78 is 10.9. The van der Waals surface area contributed by atoms with E-state index in [1.807, 2.05) is 36.6 Å². The molecule has 0 aromatic heterocycles. The molecule has 2 amide bonds. The van der Waals surface area contributed by atoms with Crippen molar-refractivity contribution in [3.8, 4) is 5.75 Å². The third kappa shape index (κ3) is 7.26. The lowest BCUT2D eigenvalue weighted by Gasteiger charge is -2.22. The summed E-state index contributed by atoms with van der Waals surface area (Å²) in [6, 6.07) is 6.97. The van der Waals surface area contributed by atoms with Crippen LogP contribution in [-0.2, 0) is 9.53 Å². The average molecular weight is 406 g/mol. The summed E-state index contributed by atoms with van der Waals surface area (Å²) in [5.41, 5.74) is 3.65. The molecule has 28 heavy (non-hydrogen) atoms. The highest BCUT2D eigenvalue weighted by molar-refractivity contribution is 7.98. The molecule has 0 radical (unpaired) electrons. The number of carbonyl (C=O) groups is 2. The zero-order chi connectivity index (χ0) is 20.6. The van der Waals surface area contributed by atoms with E-state index in [9.17, 15) is 9.59 Å². The van der Waals surface area contributed by atoms with Crippen molar-refractivity contribution in [3.63, 3.8) is 0 Å². The third-order valence-electron chi connectivity index (χ3n) is 3.68. The van der Waals surface area contributed by atoms with Crippen LogP contribution < -0.4 is 15.5 Å². The van der Waals surface area contributed by atoms with Gasteiger partial charge in [-0.3, -0.25) is 4.79 Å². The molecule has 0 spiro atoms. The first-order valence-electron chi connectivity index (χ1n) is 9.02. The molecule has 0 fully saturated rings.